The smallest absolute Gasteiger partial charge is 0.292 e. The standard InChI is InChI=1S/C46H30N4O6/c47-33-21-23(17-19-35(33)49(51)52)55-45-41-37-25-9-1-2-10-26(25)38(28-12-4-3-11-27(28)37)42(41)46(56-24-18-20-36(50(53)54)34(48)22-24)44-40-31-15-7-5-13-29(31)39(43(44)45)30-14-6-8-16-32(30)40/h1-22,37-40H,47-48H2. The van der Waals surface area contributed by atoms with E-state index in [1.807, 2.05) is 0 Å². The zero-order valence-corrected chi connectivity index (χ0v) is 29.5. The molecule has 0 aromatic heterocycles. The molecule has 0 heterocycles. The van der Waals surface area contributed by atoms with Crippen molar-refractivity contribution in [2.75, 3.05) is 11.5 Å². The lowest BCUT2D eigenvalue weighted by Gasteiger charge is -2.48. The lowest BCUT2D eigenvalue weighted by atomic mass is 9.55. The van der Waals surface area contributed by atoms with Gasteiger partial charge in [-0.2, -0.15) is 0 Å². The summed E-state index contributed by atoms with van der Waals surface area (Å²) in [5.41, 5.74) is 25.2. The predicted molar refractivity (Wildman–Crippen MR) is 211 cm³/mol. The van der Waals surface area contributed by atoms with Crippen LogP contribution in [0.2, 0.25) is 0 Å². The first-order valence-corrected chi connectivity index (χ1v) is 18.3. The summed E-state index contributed by atoms with van der Waals surface area (Å²) in [5.74, 6) is 1.05. The van der Waals surface area contributed by atoms with Crippen LogP contribution in [0, 0.1) is 20.2 Å². The maximum Gasteiger partial charge on any atom is 0.292 e. The van der Waals surface area contributed by atoms with E-state index in [1.54, 1.807) is 12.1 Å². The van der Waals surface area contributed by atoms with Gasteiger partial charge >= 0.3 is 0 Å². The van der Waals surface area contributed by atoms with Crippen molar-refractivity contribution >= 4 is 22.7 Å². The first-order chi connectivity index (χ1) is 27.3. The molecule has 4 bridgehead atoms. The van der Waals surface area contributed by atoms with E-state index in [9.17, 15) is 20.2 Å². The fraction of sp³-hybridized carbons (Fsp3) is 0.0870. The number of nitrogen functional groups attached to an aromatic ring is 2. The van der Waals surface area contributed by atoms with E-state index in [0.29, 0.717) is 23.0 Å². The lowest BCUT2D eigenvalue weighted by molar-refractivity contribution is -0.384. The Labute approximate surface area is 319 Å². The maximum absolute atomic E-state index is 11.8. The van der Waals surface area contributed by atoms with E-state index >= 15 is 0 Å². The molecule has 0 saturated carbocycles. The van der Waals surface area contributed by atoms with Gasteiger partial charge in [-0.1, -0.05) is 97.1 Å². The minimum Gasteiger partial charge on any atom is -0.457 e. The van der Waals surface area contributed by atoms with E-state index in [4.69, 9.17) is 20.9 Å². The minimum atomic E-state index is -0.500. The Bertz CT molecular complexity index is 2490. The monoisotopic (exact) mass is 734 g/mol. The van der Waals surface area contributed by atoms with E-state index in [-0.39, 0.29) is 46.4 Å². The van der Waals surface area contributed by atoms with Gasteiger partial charge in [-0.15, -0.1) is 0 Å². The molecule has 7 aromatic carbocycles. The number of nitrogens with two attached hydrogens (primary N) is 2. The van der Waals surface area contributed by atoms with Gasteiger partial charge in [0.25, 0.3) is 11.4 Å². The van der Waals surface area contributed by atoms with Gasteiger partial charge in [0.1, 0.15) is 34.4 Å². The summed E-state index contributed by atoms with van der Waals surface area (Å²) < 4.78 is 14.3. The second kappa shape index (κ2) is 11.5. The van der Waals surface area contributed by atoms with Gasteiger partial charge in [-0.3, -0.25) is 20.2 Å². The van der Waals surface area contributed by atoms with Crippen LogP contribution in [-0.2, 0) is 0 Å². The highest BCUT2D eigenvalue weighted by atomic mass is 16.6. The van der Waals surface area contributed by atoms with Crippen molar-refractivity contribution in [1.29, 1.82) is 0 Å². The molecule has 0 fully saturated rings. The topological polar surface area (TPSA) is 157 Å². The van der Waals surface area contributed by atoms with Gasteiger partial charge in [-0.25, -0.2) is 0 Å². The Balaban J connectivity index is 1.28. The highest BCUT2D eigenvalue weighted by molar-refractivity contribution is 5.83. The number of benzene rings is 7. The lowest BCUT2D eigenvalue weighted by Crippen LogP contribution is -2.33. The number of hydrogen-bond acceptors (Lipinski definition) is 8. The number of nitro benzene ring substituents is 2. The third kappa shape index (κ3) is 4.26. The Morgan fingerprint density at radius 1 is 0.411 bits per heavy atom. The number of ether oxygens (including phenoxy) is 2. The third-order valence-electron chi connectivity index (χ3n) is 12.0. The molecule has 0 spiro atoms. The van der Waals surface area contributed by atoms with E-state index in [2.05, 4.69) is 97.1 Å². The fourth-order valence-corrected chi connectivity index (χ4v) is 9.97. The van der Waals surface area contributed by atoms with Crippen molar-refractivity contribution < 1.29 is 19.3 Å². The van der Waals surface area contributed by atoms with E-state index in [0.717, 1.165) is 66.8 Å². The fourth-order valence-electron chi connectivity index (χ4n) is 9.97. The maximum atomic E-state index is 11.8. The normalized spacial score (nSPS) is 18.4. The Kier molecular flexibility index (Phi) is 6.59. The van der Waals surface area contributed by atoms with Gasteiger partial charge < -0.3 is 20.9 Å². The van der Waals surface area contributed by atoms with Crippen molar-refractivity contribution in [1.82, 2.24) is 0 Å². The van der Waals surface area contributed by atoms with Gasteiger partial charge in [0, 0.05) is 70.2 Å². The number of nitro groups is 2. The number of nitrogens with zero attached hydrogens (tertiary/aromatic N) is 2. The van der Waals surface area contributed by atoms with Crippen LogP contribution in [-0.4, -0.2) is 9.85 Å². The molecule has 10 heteroatoms. The average molecular weight is 735 g/mol. The molecule has 0 radical (unpaired) electrons. The molecule has 7 aromatic rings. The van der Waals surface area contributed by atoms with Gasteiger partial charge in [0.2, 0.25) is 0 Å². The highest BCUT2D eigenvalue weighted by Crippen LogP contribution is 2.68. The van der Waals surface area contributed by atoms with E-state index in [1.165, 1.54) is 24.3 Å². The van der Waals surface area contributed by atoms with Gasteiger partial charge in [-0.05, 0) is 56.6 Å². The Morgan fingerprint density at radius 3 is 0.875 bits per heavy atom. The molecule has 0 unspecified atom stereocenters. The molecule has 13 rings (SSSR count). The molecular formula is C46H30N4O6. The van der Waals surface area contributed by atoms with Crippen molar-refractivity contribution in [2.45, 2.75) is 23.7 Å². The van der Waals surface area contributed by atoms with Crippen LogP contribution in [0.4, 0.5) is 22.7 Å². The van der Waals surface area contributed by atoms with Crippen molar-refractivity contribution in [3.63, 3.8) is 0 Å². The SMILES string of the molecule is Nc1cc(Oc2c3c(c(Oc4ccc([N+](=O)[O-])c(N)c4)c4c2C2c5ccccc5C4c4ccccc42)C2c4ccccc4C3c3ccccc32)ccc1[N+](=O)[O-]. The van der Waals surface area contributed by atoms with Crippen LogP contribution < -0.4 is 20.9 Å². The number of anilines is 2. The number of rotatable bonds is 6. The predicted octanol–water partition coefficient (Wildman–Crippen LogP) is 10.2. The summed E-state index contributed by atoms with van der Waals surface area (Å²) in [6.45, 7) is 0. The van der Waals surface area contributed by atoms with Crippen molar-refractivity contribution in [3.05, 3.63) is 220 Å². The largest absolute Gasteiger partial charge is 0.457 e. The molecule has 0 aliphatic heterocycles. The number of hydrogen-bond donors (Lipinski definition) is 2. The molecule has 10 nitrogen and oxygen atoms in total. The molecular weight excluding hydrogens is 705 g/mol. The molecule has 0 amide bonds. The summed E-state index contributed by atoms with van der Waals surface area (Å²) in [4.78, 5) is 22.6. The van der Waals surface area contributed by atoms with Crippen LogP contribution in [0.1, 0.15) is 90.4 Å². The first-order valence-electron chi connectivity index (χ1n) is 18.3. The molecule has 270 valence electrons. The van der Waals surface area contributed by atoms with Crippen molar-refractivity contribution in [3.8, 4) is 23.0 Å². The zero-order chi connectivity index (χ0) is 38.0. The average Bonchev–Trinajstić information content (AvgIpc) is 3.21. The van der Waals surface area contributed by atoms with Crippen molar-refractivity contribution in [2.24, 2.45) is 0 Å². The second-order valence-corrected chi connectivity index (χ2v) is 14.7. The van der Waals surface area contributed by atoms with Crippen LogP contribution in [0.3, 0.4) is 0 Å². The highest BCUT2D eigenvalue weighted by Gasteiger charge is 2.52. The quantitative estimate of drug-likeness (QED) is 0.0971. The second-order valence-electron chi connectivity index (χ2n) is 14.7. The van der Waals surface area contributed by atoms with Crippen LogP contribution >= 0.6 is 0 Å². The summed E-state index contributed by atoms with van der Waals surface area (Å²) in [5, 5.41) is 23.6. The summed E-state index contributed by atoms with van der Waals surface area (Å²) in [6.07, 6.45) is 0. The van der Waals surface area contributed by atoms with E-state index < -0.39 is 9.85 Å². The summed E-state index contributed by atoms with van der Waals surface area (Å²) in [7, 11) is 0. The van der Waals surface area contributed by atoms with Crippen LogP contribution in [0.5, 0.6) is 23.0 Å². The zero-order valence-electron chi connectivity index (χ0n) is 29.5. The van der Waals surface area contributed by atoms with Gasteiger partial charge in [0.05, 0.1) is 9.85 Å². The molecule has 6 aliphatic rings. The Morgan fingerprint density at radius 2 is 0.661 bits per heavy atom. The minimum absolute atomic E-state index is 0.000345. The molecule has 0 atom stereocenters. The summed E-state index contributed by atoms with van der Waals surface area (Å²) >= 11 is 0. The van der Waals surface area contributed by atoms with Crippen LogP contribution in [0.15, 0.2) is 133 Å². The Hall–Kier alpha value is -7.46. The molecule has 4 N–H and O–H groups in total. The van der Waals surface area contributed by atoms with Crippen LogP contribution in [0.25, 0.3) is 0 Å². The summed E-state index contributed by atoms with van der Waals surface area (Å²) in [6, 6.07) is 42.9. The third-order valence-corrected chi connectivity index (χ3v) is 12.0. The molecule has 56 heavy (non-hydrogen) atoms. The van der Waals surface area contributed by atoms with Gasteiger partial charge in [0.15, 0.2) is 0 Å². The first kappa shape index (κ1) is 32.0. The molecule has 0 saturated heterocycles. The molecule has 6 aliphatic carbocycles.